The van der Waals surface area contributed by atoms with Gasteiger partial charge in [-0.25, -0.2) is 4.39 Å². The Morgan fingerprint density at radius 1 is 1.05 bits per heavy atom. The van der Waals surface area contributed by atoms with Gasteiger partial charge >= 0.3 is 0 Å². The Morgan fingerprint density at radius 3 is 2.38 bits per heavy atom. The highest BCUT2D eigenvalue weighted by atomic mass is 19.1. The molecule has 0 aromatic heterocycles. The summed E-state index contributed by atoms with van der Waals surface area (Å²) >= 11 is 0. The highest BCUT2D eigenvalue weighted by molar-refractivity contribution is 6.07. The predicted molar refractivity (Wildman–Crippen MR) is 81.9 cm³/mol. The lowest BCUT2D eigenvalue weighted by Gasteiger charge is -2.34. The summed E-state index contributed by atoms with van der Waals surface area (Å²) in [5.74, 6) is -0.278. The summed E-state index contributed by atoms with van der Waals surface area (Å²) in [6.07, 6.45) is 0. The number of carbonyl (C=O) groups is 1. The van der Waals surface area contributed by atoms with Crippen LogP contribution in [0.4, 0.5) is 4.39 Å². The average Bonchev–Trinajstić information content (AvgIpc) is 2.55. The third kappa shape index (κ3) is 2.63. The molecular weight excluding hydrogens is 267 g/mol. The molecule has 1 aliphatic heterocycles. The zero-order valence-electron chi connectivity index (χ0n) is 12.2. The van der Waals surface area contributed by atoms with Crippen LogP contribution in [-0.2, 0) is 0 Å². The summed E-state index contributed by atoms with van der Waals surface area (Å²) in [6, 6.07) is 10.2. The Bertz CT molecular complexity index is 663. The Balaban J connectivity index is 1.90. The fourth-order valence-corrected chi connectivity index (χ4v) is 2.89. The molecule has 2 aromatic rings. The van der Waals surface area contributed by atoms with Crippen LogP contribution < -0.4 is 0 Å². The van der Waals surface area contributed by atoms with E-state index in [0.717, 1.165) is 32.7 Å². The van der Waals surface area contributed by atoms with Gasteiger partial charge in [0.1, 0.15) is 5.82 Å². The van der Waals surface area contributed by atoms with E-state index >= 15 is 0 Å². The van der Waals surface area contributed by atoms with Crippen molar-refractivity contribution in [2.24, 2.45) is 0 Å². The van der Waals surface area contributed by atoms with E-state index in [2.05, 4.69) is 11.8 Å². The van der Waals surface area contributed by atoms with Crippen LogP contribution in [0.2, 0.25) is 0 Å². The molecule has 1 saturated heterocycles. The minimum absolute atomic E-state index is 0.00181. The van der Waals surface area contributed by atoms with Crippen LogP contribution in [0.5, 0.6) is 0 Å². The van der Waals surface area contributed by atoms with Gasteiger partial charge in [-0.05, 0) is 24.1 Å². The Labute approximate surface area is 124 Å². The molecule has 0 bridgehead atoms. The van der Waals surface area contributed by atoms with Gasteiger partial charge in [0, 0.05) is 37.1 Å². The van der Waals surface area contributed by atoms with E-state index in [1.54, 1.807) is 18.2 Å². The first kappa shape index (κ1) is 14.0. The molecule has 0 saturated carbocycles. The lowest BCUT2D eigenvalue weighted by atomic mass is 10.0. The largest absolute Gasteiger partial charge is 0.336 e. The number of carbonyl (C=O) groups excluding carboxylic acids is 1. The molecule has 1 fully saturated rings. The van der Waals surface area contributed by atoms with Crippen LogP contribution in [0.1, 0.15) is 17.3 Å². The molecule has 0 radical (unpaired) electrons. The number of nitrogens with zero attached hydrogens (tertiary/aromatic N) is 2. The van der Waals surface area contributed by atoms with Crippen LogP contribution in [0.15, 0.2) is 36.4 Å². The van der Waals surface area contributed by atoms with Gasteiger partial charge in [0.2, 0.25) is 0 Å². The monoisotopic (exact) mass is 286 g/mol. The third-order valence-corrected chi connectivity index (χ3v) is 4.21. The van der Waals surface area contributed by atoms with Crippen LogP contribution in [0.3, 0.4) is 0 Å². The van der Waals surface area contributed by atoms with Gasteiger partial charge in [-0.1, -0.05) is 31.2 Å². The molecule has 0 atom stereocenters. The van der Waals surface area contributed by atoms with Crippen LogP contribution in [0.25, 0.3) is 10.8 Å². The maximum absolute atomic E-state index is 13.8. The molecule has 0 spiro atoms. The van der Waals surface area contributed by atoms with Gasteiger partial charge in [-0.3, -0.25) is 4.79 Å². The maximum atomic E-state index is 13.8. The van der Waals surface area contributed by atoms with Crippen molar-refractivity contribution in [3.05, 3.63) is 47.8 Å². The SMILES string of the molecule is CCN1CCN(C(=O)c2ccc(F)c3ccccc23)CC1. The highest BCUT2D eigenvalue weighted by Crippen LogP contribution is 2.23. The molecule has 2 aromatic carbocycles. The summed E-state index contributed by atoms with van der Waals surface area (Å²) in [4.78, 5) is 16.9. The van der Waals surface area contributed by atoms with Crippen molar-refractivity contribution in [3.63, 3.8) is 0 Å². The first-order valence-electron chi connectivity index (χ1n) is 7.39. The molecule has 1 heterocycles. The Hall–Kier alpha value is -1.94. The lowest BCUT2D eigenvalue weighted by molar-refractivity contribution is 0.0645. The van der Waals surface area contributed by atoms with Crippen molar-refractivity contribution >= 4 is 16.7 Å². The zero-order chi connectivity index (χ0) is 14.8. The number of rotatable bonds is 2. The van der Waals surface area contributed by atoms with Gasteiger partial charge in [-0.2, -0.15) is 0 Å². The number of benzene rings is 2. The number of likely N-dealkylation sites (N-methyl/N-ethyl adjacent to an activating group) is 1. The van der Waals surface area contributed by atoms with Crippen LogP contribution >= 0.6 is 0 Å². The van der Waals surface area contributed by atoms with Gasteiger partial charge in [-0.15, -0.1) is 0 Å². The fraction of sp³-hybridized carbons (Fsp3) is 0.353. The number of fused-ring (bicyclic) bond motifs is 1. The number of hydrogen-bond acceptors (Lipinski definition) is 2. The molecule has 4 heteroatoms. The average molecular weight is 286 g/mol. The summed E-state index contributed by atoms with van der Waals surface area (Å²) in [7, 11) is 0. The molecule has 21 heavy (non-hydrogen) atoms. The molecule has 3 nitrogen and oxygen atoms in total. The van der Waals surface area contributed by atoms with E-state index in [-0.39, 0.29) is 11.7 Å². The summed E-state index contributed by atoms with van der Waals surface area (Å²) < 4.78 is 13.8. The van der Waals surface area contributed by atoms with Gasteiger partial charge < -0.3 is 9.80 Å². The number of piperazine rings is 1. The Kier molecular flexibility index (Phi) is 3.88. The highest BCUT2D eigenvalue weighted by Gasteiger charge is 2.23. The second-order valence-electron chi connectivity index (χ2n) is 5.37. The summed E-state index contributed by atoms with van der Waals surface area (Å²) in [6.45, 7) is 6.42. The minimum Gasteiger partial charge on any atom is -0.336 e. The van der Waals surface area contributed by atoms with Crippen molar-refractivity contribution < 1.29 is 9.18 Å². The molecule has 1 aliphatic rings. The smallest absolute Gasteiger partial charge is 0.254 e. The van der Waals surface area contributed by atoms with Gasteiger partial charge in [0.05, 0.1) is 0 Å². The van der Waals surface area contributed by atoms with Crippen molar-refractivity contribution in [3.8, 4) is 0 Å². The summed E-state index contributed by atoms with van der Waals surface area (Å²) in [5.41, 5.74) is 0.594. The molecule has 110 valence electrons. The maximum Gasteiger partial charge on any atom is 0.254 e. The number of amides is 1. The fourth-order valence-electron chi connectivity index (χ4n) is 2.89. The molecule has 0 aliphatic carbocycles. The zero-order valence-corrected chi connectivity index (χ0v) is 12.2. The number of hydrogen-bond donors (Lipinski definition) is 0. The quantitative estimate of drug-likeness (QED) is 0.847. The van der Waals surface area contributed by atoms with E-state index < -0.39 is 0 Å². The Morgan fingerprint density at radius 2 is 1.71 bits per heavy atom. The lowest BCUT2D eigenvalue weighted by Crippen LogP contribution is -2.48. The molecular formula is C17H19FN2O. The standard InChI is InChI=1S/C17H19FN2O/c1-2-19-9-11-20(12-10-19)17(21)15-7-8-16(18)14-6-4-3-5-13(14)15/h3-8H,2,9-12H2,1H3. The van der Waals surface area contributed by atoms with E-state index in [1.807, 2.05) is 17.0 Å². The normalized spacial score (nSPS) is 16.4. The van der Waals surface area contributed by atoms with E-state index in [4.69, 9.17) is 0 Å². The topological polar surface area (TPSA) is 23.6 Å². The molecule has 3 rings (SSSR count). The van der Waals surface area contributed by atoms with E-state index in [1.165, 1.54) is 6.07 Å². The second-order valence-corrected chi connectivity index (χ2v) is 5.37. The van der Waals surface area contributed by atoms with Crippen LogP contribution in [0, 0.1) is 5.82 Å². The van der Waals surface area contributed by atoms with Crippen LogP contribution in [-0.4, -0.2) is 48.4 Å². The van der Waals surface area contributed by atoms with Gasteiger partial charge in [0.25, 0.3) is 5.91 Å². The summed E-state index contributed by atoms with van der Waals surface area (Å²) in [5, 5.41) is 1.20. The van der Waals surface area contributed by atoms with Gasteiger partial charge in [0.15, 0.2) is 0 Å². The molecule has 0 unspecified atom stereocenters. The van der Waals surface area contributed by atoms with E-state index in [0.29, 0.717) is 16.3 Å². The van der Waals surface area contributed by atoms with Crippen molar-refractivity contribution in [1.82, 2.24) is 9.80 Å². The molecule has 1 amide bonds. The first-order valence-corrected chi connectivity index (χ1v) is 7.39. The molecule has 0 N–H and O–H groups in total. The number of halogens is 1. The predicted octanol–water partition coefficient (Wildman–Crippen LogP) is 2.76. The minimum atomic E-state index is -0.280. The third-order valence-electron chi connectivity index (χ3n) is 4.21. The van der Waals surface area contributed by atoms with Crippen molar-refractivity contribution in [2.75, 3.05) is 32.7 Å². The first-order chi connectivity index (χ1) is 10.2. The second kappa shape index (κ2) is 5.82. The van der Waals surface area contributed by atoms with Crippen molar-refractivity contribution in [1.29, 1.82) is 0 Å². The van der Waals surface area contributed by atoms with E-state index in [9.17, 15) is 9.18 Å². The van der Waals surface area contributed by atoms with Crippen molar-refractivity contribution in [2.45, 2.75) is 6.92 Å².